The fraction of sp³-hybridized carbons (Fsp3) is 0.310. The summed E-state index contributed by atoms with van der Waals surface area (Å²) in [4.78, 5) is 28.3. The van der Waals surface area contributed by atoms with Crippen LogP contribution in [-0.2, 0) is 26.2 Å². The van der Waals surface area contributed by atoms with Gasteiger partial charge in [-0.05, 0) is 74.7 Å². The molecule has 0 unspecified atom stereocenters. The zero-order chi connectivity index (χ0) is 27.9. The lowest BCUT2D eigenvalue weighted by atomic mass is 10.1. The lowest BCUT2D eigenvalue weighted by Gasteiger charge is -2.32. The first-order valence-electron chi connectivity index (χ1n) is 12.5. The highest BCUT2D eigenvalue weighted by Crippen LogP contribution is 2.26. The number of nitrogens with zero attached hydrogens (tertiary/aromatic N) is 2. The Morgan fingerprint density at radius 1 is 0.947 bits per heavy atom. The molecule has 0 saturated carbocycles. The van der Waals surface area contributed by atoms with Crippen LogP contribution in [0.2, 0.25) is 0 Å². The van der Waals surface area contributed by atoms with Crippen molar-refractivity contribution in [2.75, 3.05) is 17.4 Å². The Hall–Kier alpha value is -3.17. The van der Waals surface area contributed by atoms with Gasteiger partial charge in [0.05, 0.1) is 10.6 Å². The number of anilines is 1. The minimum absolute atomic E-state index is 0.0885. The molecule has 3 aromatic rings. The molecule has 0 radical (unpaired) electrons. The van der Waals surface area contributed by atoms with Gasteiger partial charge in [-0.25, -0.2) is 8.42 Å². The van der Waals surface area contributed by atoms with E-state index >= 15 is 0 Å². The molecule has 0 saturated heterocycles. The standard InChI is InChI=1S/C29H34BrN3O4S/c1-5-17-31-29(35)23(4)32(19-24-11-13-25(30)14-12-24)28(34)20-33(26-8-6-7-22(3)18-26)38(36,37)27-15-9-21(2)10-16-27/h6-16,18,23H,5,17,19-20H2,1-4H3,(H,31,35)/t23-/m1/s1. The van der Waals surface area contributed by atoms with E-state index < -0.39 is 28.5 Å². The molecule has 202 valence electrons. The molecule has 0 heterocycles. The number of hydrogen-bond donors (Lipinski definition) is 1. The Bertz CT molecular complexity index is 1360. The molecule has 0 fully saturated rings. The number of halogens is 1. The highest BCUT2D eigenvalue weighted by atomic mass is 79.9. The van der Waals surface area contributed by atoms with Crippen molar-refractivity contribution in [3.05, 3.63) is 94.0 Å². The average Bonchev–Trinajstić information content (AvgIpc) is 2.89. The van der Waals surface area contributed by atoms with Crippen LogP contribution in [0.3, 0.4) is 0 Å². The molecule has 2 amide bonds. The Morgan fingerprint density at radius 3 is 2.21 bits per heavy atom. The molecule has 9 heteroatoms. The van der Waals surface area contributed by atoms with Crippen LogP contribution in [0.4, 0.5) is 5.69 Å². The molecule has 38 heavy (non-hydrogen) atoms. The van der Waals surface area contributed by atoms with E-state index in [0.717, 1.165) is 31.9 Å². The van der Waals surface area contributed by atoms with Crippen LogP contribution < -0.4 is 9.62 Å². The van der Waals surface area contributed by atoms with E-state index in [-0.39, 0.29) is 17.3 Å². The number of carbonyl (C=O) groups excluding carboxylic acids is 2. The second kappa shape index (κ2) is 13.1. The van der Waals surface area contributed by atoms with Crippen molar-refractivity contribution >= 4 is 43.5 Å². The summed E-state index contributed by atoms with van der Waals surface area (Å²) in [5.41, 5.74) is 2.98. The summed E-state index contributed by atoms with van der Waals surface area (Å²) in [5.74, 6) is -0.773. The van der Waals surface area contributed by atoms with Crippen molar-refractivity contribution in [1.82, 2.24) is 10.2 Å². The third kappa shape index (κ3) is 7.45. The largest absolute Gasteiger partial charge is 0.354 e. The van der Waals surface area contributed by atoms with Crippen LogP contribution in [0.15, 0.2) is 82.2 Å². The van der Waals surface area contributed by atoms with Crippen LogP contribution in [0.25, 0.3) is 0 Å². The topological polar surface area (TPSA) is 86.8 Å². The van der Waals surface area contributed by atoms with Crippen LogP contribution in [0.1, 0.15) is 37.0 Å². The minimum Gasteiger partial charge on any atom is -0.354 e. The van der Waals surface area contributed by atoms with Crippen molar-refractivity contribution in [2.24, 2.45) is 0 Å². The number of rotatable bonds is 11. The van der Waals surface area contributed by atoms with E-state index in [0.29, 0.717) is 12.2 Å². The Morgan fingerprint density at radius 2 is 1.61 bits per heavy atom. The van der Waals surface area contributed by atoms with Crippen molar-refractivity contribution in [3.8, 4) is 0 Å². The van der Waals surface area contributed by atoms with Crippen molar-refractivity contribution in [2.45, 2.75) is 51.6 Å². The van der Waals surface area contributed by atoms with E-state index in [1.54, 1.807) is 49.4 Å². The van der Waals surface area contributed by atoms with Gasteiger partial charge >= 0.3 is 0 Å². The smallest absolute Gasteiger partial charge is 0.264 e. The van der Waals surface area contributed by atoms with Crippen molar-refractivity contribution in [3.63, 3.8) is 0 Å². The summed E-state index contributed by atoms with van der Waals surface area (Å²) < 4.78 is 29.7. The number of nitrogens with one attached hydrogen (secondary N) is 1. The molecule has 0 aromatic heterocycles. The molecule has 0 aliphatic heterocycles. The maximum Gasteiger partial charge on any atom is 0.264 e. The second-order valence-corrected chi connectivity index (χ2v) is 12.1. The first-order chi connectivity index (χ1) is 18.0. The van der Waals surface area contributed by atoms with Crippen molar-refractivity contribution in [1.29, 1.82) is 0 Å². The number of amides is 2. The maximum atomic E-state index is 13.9. The Kier molecular flexibility index (Phi) is 10.1. The lowest BCUT2D eigenvalue weighted by Crippen LogP contribution is -2.51. The molecule has 0 bridgehead atoms. The minimum atomic E-state index is -4.08. The molecule has 3 rings (SSSR count). The van der Waals surface area contributed by atoms with Gasteiger partial charge in [0.2, 0.25) is 11.8 Å². The Labute approximate surface area is 234 Å². The molecule has 0 aliphatic rings. The Balaban J connectivity index is 2.01. The third-order valence-corrected chi connectivity index (χ3v) is 8.48. The van der Waals surface area contributed by atoms with E-state index in [9.17, 15) is 18.0 Å². The fourth-order valence-corrected chi connectivity index (χ4v) is 5.58. The summed E-state index contributed by atoms with van der Waals surface area (Å²) in [6, 6.07) is 20.2. The quantitative estimate of drug-likeness (QED) is 0.328. The lowest BCUT2D eigenvalue weighted by molar-refractivity contribution is -0.139. The van der Waals surface area contributed by atoms with Gasteiger partial charge in [-0.2, -0.15) is 0 Å². The molecular weight excluding hydrogens is 566 g/mol. The first-order valence-corrected chi connectivity index (χ1v) is 14.7. The highest BCUT2D eigenvalue weighted by Gasteiger charge is 2.32. The van der Waals surface area contributed by atoms with E-state index in [2.05, 4.69) is 21.2 Å². The van der Waals surface area contributed by atoms with Gasteiger partial charge in [0.25, 0.3) is 10.0 Å². The van der Waals surface area contributed by atoms with Crippen LogP contribution in [0.5, 0.6) is 0 Å². The van der Waals surface area contributed by atoms with Crippen LogP contribution in [0, 0.1) is 13.8 Å². The predicted octanol–water partition coefficient (Wildman–Crippen LogP) is 5.20. The molecule has 7 nitrogen and oxygen atoms in total. The second-order valence-electron chi connectivity index (χ2n) is 9.28. The normalized spacial score (nSPS) is 12.0. The van der Waals surface area contributed by atoms with E-state index in [4.69, 9.17) is 0 Å². The maximum absolute atomic E-state index is 13.9. The molecule has 0 spiro atoms. The van der Waals surface area contributed by atoms with Gasteiger partial charge in [0.1, 0.15) is 12.6 Å². The summed E-state index contributed by atoms with van der Waals surface area (Å²) in [5, 5.41) is 2.84. The van der Waals surface area contributed by atoms with Gasteiger partial charge in [-0.3, -0.25) is 13.9 Å². The third-order valence-electron chi connectivity index (χ3n) is 6.16. The summed E-state index contributed by atoms with van der Waals surface area (Å²) in [7, 11) is -4.08. The van der Waals surface area contributed by atoms with E-state index in [1.165, 1.54) is 4.90 Å². The summed E-state index contributed by atoms with van der Waals surface area (Å²) >= 11 is 3.42. The number of aryl methyl sites for hydroxylation is 2. The number of hydrogen-bond acceptors (Lipinski definition) is 4. The zero-order valence-electron chi connectivity index (χ0n) is 22.1. The number of carbonyl (C=O) groups is 2. The highest BCUT2D eigenvalue weighted by molar-refractivity contribution is 9.10. The van der Waals surface area contributed by atoms with E-state index in [1.807, 2.05) is 51.1 Å². The van der Waals surface area contributed by atoms with Gasteiger partial charge in [0, 0.05) is 17.6 Å². The van der Waals surface area contributed by atoms with Crippen molar-refractivity contribution < 1.29 is 18.0 Å². The predicted molar refractivity (Wildman–Crippen MR) is 154 cm³/mol. The van der Waals surface area contributed by atoms with Gasteiger partial charge in [-0.1, -0.05) is 64.8 Å². The zero-order valence-corrected chi connectivity index (χ0v) is 24.6. The van der Waals surface area contributed by atoms with Gasteiger partial charge in [0.15, 0.2) is 0 Å². The number of sulfonamides is 1. The molecule has 1 N–H and O–H groups in total. The summed E-state index contributed by atoms with van der Waals surface area (Å²) in [6.45, 7) is 7.53. The SMILES string of the molecule is CCCNC(=O)[C@@H](C)N(Cc1ccc(Br)cc1)C(=O)CN(c1cccc(C)c1)S(=O)(=O)c1ccc(C)cc1. The van der Waals surface area contributed by atoms with Gasteiger partial charge in [-0.15, -0.1) is 0 Å². The molecule has 0 aliphatic carbocycles. The molecular formula is C29H34BrN3O4S. The van der Waals surface area contributed by atoms with Crippen LogP contribution in [-0.4, -0.2) is 44.3 Å². The average molecular weight is 601 g/mol. The van der Waals surface area contributed by atoms with Crippen LogP contribution >= 0.6 is 15.9 Å². The molecule has 1 atom stereocenters. The summed E-state index contributed by atoms with van der Waals surface area (Å²) in [6.07, 6.45) is 0.759. The van der Waals surface area contributed by atoms with Gasteiger partial charge < -0.3 is 10.2 Å². The number of benzene rings is 3. The molecule has 3 aromatic carbocycles. The first kappa shape index (κ1) is 29.4. The fourth-order valence-electron chi connectivity index (χ4n) is 3.91. The monoisotopic (exact) mass is 599 g/mol.